The van der Waals surface area contributed by atoms with E-state index in [2.05, 4.69) is 5.32 Å². The standard InChI is InChI=1S/C13H19NO5/c1-14-10(13(15)16)7-9-11(18-3)5-8(17-2)6-12(9)19-4/h5-6,10,14H,7H2,1-4H3,(H,15,16). The van der Waals surface area contributed by atoms with Crippen LogP contribution in [0.15, 0.2) is 12.1 Å². The van der Waals surface area contributed by atoms with Gasteiger partial charge in [0.15, 0.2) is 0 Å². The summed E-state index contributed by atoms with van der Waals surface area (Å²) in [6, 6.07) is 2.69. The van der Waals surface area contributed by atoms with Crippen molar-refractivity contribution in [3.63, 3.8) is 0 Å². The van der Waals surface area contributed by atoms with Crippen LogP contribution in [0.3, 0.4) is 0 Å². The number of rotatable bonds is 7. The van der Waals surface area contributed by atoms with Crippen LogP contribution in [-0.2, 0) is 11.2 Å². The summed E-state index contributed by atoms with van der Waals surface area (Å²) in [6.07, 6.45) is 0.252. The number of hydrogen-bond acceptors (Lipinski definition) is 5. The van der Waals surface area contributed by atoms with Gasteiger partial charge in [0, 0.05) is 24.1 Å². The minimum atomic E-state index is -0.928. The monoisotopic (exact) mass is 269 g/mol. The molecule has 0 aliphatic rings. The zero-order valence-corrected chi connectivity index (χ0v) is 11.5. The summed E-state index contributed by atoms with van der Waals surface area (Å²) in [7, 11) is 6.18. The minimum absolute atomic E-state index is 0.252. The number of carbonyl (C=O) groups is 1. The molecule has 0 spiro atoms. The second-order valence-corrected chi connectivity index (χ2v) is 3.89. The fourth-order valence-corrected chi connectivity index (χ4v) is 1.80. The van der Waals surface area contributed by atoms with Crippen LogP contribution in [0.2, 0.25) is 0 Å². The van der Waals surface area contributed by atoms with Gasteiger partial charge in [-0.25, -0.2) is 0 Å². The lowest BCUT2D eigenvalue weighted by Crippen LogP contribution is -2.36. The number of nitrogens with one attached hydrogen (secondary N) is 1. The summed E-state index contributed by atoms with van der Waals surface area (Å²) in [6.45, 7) is 0. The number of likely N-dealkylation sites (N-methyl/N-ethyl adjacent to an activating group) is 1. The Hall–Kier alpha value is -1.95. The summed E-state index contributed by atoms with van der Waals surface area (Å²) in [4.78, 5) is 11.1. The highest BCUT2D eigenvalue weighted by atomic mass is 16.5. The molecular formula is C13H19NO5. The number of ether oxygens (including phenoxy) is 3. The zero-order chi connectivity index (χ0) is 14.4. The van der Waals surface area contributed by atoms with Gasteiger partial charge in [-0.2, -0.15) is 0 Å². The molecule has 0 bridgehead atoms. The van der Waals surface area contributed by atoms with Crippen LogP contribution in [0.25, 0.3) is 0 Å². The van der Waals surface area contributed by atoms with Gasteiger partial charge in [0.25, 0.3) is 0 Å². The predicted molar refractivity (Wildman–Crippen MR) is 70.3 cm³/mol. The van der Waals surface area contributed by atoms with Crippen LogP contribution < -0.4 is 19.5 Å². The highest BCUT2D eigenvalue weighted by Gasteiger charge is 2.21. The van der Waals surface area contributed by atoms with Gasteiger partial charge in [0.05, 0.1) is 21.3 Å². The third-order valence-corrected chi connectivity index (χ3v) is 2.87. The van der Waals surface area contributed by atoms with Crippen molar-refractivity contribution in [2.24, 2.45) is 0 Å². The first kappa shape index (κ1) is 15.1. The molecule has 0 fully saturated rings. The number of hydrogen-bond donors (Lipinski definition) is 2. The molecule has 0 saturated carbocycles. The van der Waals surface area contributed by atoms with Gasteiger partial charge in [-0.05, 0) is 7.05 Å². The van der Waals surface area contributed by atoms with Crippen molar-refractivity contribution in [1.29, 1.82) is 0 Å². The fraction of sp³-hybridized carbons (Fsp3) is 0.462. The first-order valence-electron chi connectivity index (χ1n) is 5.76. The molecule has 0 aliphatic heterocycles. The van der Waals surface area contributed by atoms with Crippen LogP contribution in [0.5, 0.6) is 17.2 Å². The molecule has 0 aromatic heterocycles. The first-order valence-corrected chi connectivity index (χ1v) is 5.76. The topological polar surface area (TPSA) is 77.0 Å². The van der Waals surface area contributed by atoms with Gasteiger partial charge >= 0.3 is 5.97 Å². The third kappa shape index (κ3) is 3.51. The zero-order valence-electron chi connectivity index (χ0n) is 11.5. The molecule has 6 nitrogen and oxygen atoms in total. The lowest BCUT2D eigenvalue weighted by molar-refractivity contribution is -0.139. The third-order valence-electron chi connectivity index (χ3n) is 2.87. The van der Waals surface area contributed by atoms with E-state index in [4.69, 9.17) is 19.3 Å². The van der Waals surface area contributed by atoms with E-state index >= 15 is 0 Å². The SMILES string of the molecule is CNC(Cc1c(OC)cc(OC)cc1OC)C(=O)O. The van der Waals surface area contributed by atoms with Crippen molar-refractivity contribution in [3.05, 3.63) is 17.7 Å². The molecule has 1 rings (SSSR count). The van der Waals surface area contributed by atoms with E-state index in [0.29, 0.717) is 22.8 Å². The Morgan fingerprint density at radius 1 is 1.21 bits per heavy atom. The van der Waals surface area contributed by atoms with Gasteiger partial charge in [0.1, 0.15) is 23.3 Å². The number of carboxylic acids is 1. The summed E-state index contributed by atoms with van der Waals surface area (Å²) in [5.74, 6) is 0.742. The van der Waals surface area contributed by atoms with Crippen molar-refractivity contribution in [2.45, 2.75) is 12.5 Å². The van der Waals surface area contributed by atoms with Gasteiger partial charge < -0.3 is 24.6 Å². The predicted octanol–water partition coefficient (Wildman–Crippen LogP) is 0.927. The van der Waals surface area contributed by atoms with E-state index in [1.807, 2.05) is 0 Å². The van der Waals surface area contributed by atoms with E-state index in [1.54, 1.807) is 26.3 Å². The highest BCUT2D eigenvalue weighted by molar-refractivity contribution is 5.74. The molecule has 106 valence electrons. The van der Waals surface area contributed by atoms with Crippen LogP contribution >= 0.6 is 0 Å². The van der Waals surface area contributed by atoms with Gasteiger partial charge in [-0.3, -0.25) is 4.79 Å². The molecule has 0 amide bonds. The van der Waals surface area contributed by atoms with Gasteiger partial charge in [0.2, 0.25) is 0 Å². The molecule has 1 aromatic rings. The van der Waals surface area contributed by atoms with Crippen molar-refractivity contribution in [3.8, 4) is 17.2 Å². The molecule has 6 heteroatoms. The summed E-state index contributed by atoms with van der Waals surface area (Å²) < 4.78 is 15.7. The molecule has 0 saturated heterocycles. The Morgan fingerprint density at radius 2 is 1.74 bits per heavy atom. The average Bonchev–Trinajstić information content (AvgIpc) is 2.43. The van der Waals surface area contributed by atoms with Crippen molar-refractivity contribution in [2.75, 3.05) is 28.4 Å². The molecule has 1 atom stereocenters. The quantitative estimate of drug-likeness (QED) is 0.766. The first-order chi connectivity index (χ1) is 9.07. The lowest BCUT2D eigenvalue weighted by Gasteiger charge is -2.18. The Bertz CT molecular complexity index is 422. The van der Waals surface area contributed by atoms with E-state index < -0.39 is 12.0 Å². The van der Waals surface area contributed by atoms with Crippen molar-refractivity contribution < 1.29 is 24.1 Å². The largest absolute Gasteiger partial charge is 0.496 e. The normalized spacial score (nSPS) is 11.8. The molecule has 19 heavy (non-hydrogen) atoms. The van der Waals surface area contributed by atoms with E-state index in [-0.39, 0.29) is 6.42 Å². The summed E-state index contributed by atoms with van der Waals surface area (Å²) in [5, 5.41) is 11.8. The van der Waals surface area contributed by atoms with Crippen LogP contribution in [0.4, 0.5) is 0 Å². The second kappa shape index (κ2) is 6.84. The molecule has 0 heterocycles. The number of carboxylic acid groups (broad SMARTS) is 1. The van der Waals surface area contributed by atoms with Crippen LogP contribution in [0.1, 0.15) is 5.56 Å². The second-order valence-electron chi connectivity index (χ2n) is 3.89. The maximum Gasteiger partial charge on any atom is 0.321 e. The van der Waals surface area contributed by atoms with E-state index in [1.165, 1.54) is 14.2 Å². The Balaban J connectivity index is 3.20. The Kier molecular flexibility index (Phi) is 5.44. The highest BCUT2D eigenvalue weighted by Crippen LogP contribution is 2.34. The maximum absolute atomic E-state index is 11.1. The summed E-state index contributed by atoms with van der Waals surface area (Å²) in [5.41, 5.74) is 0.688. The minimum Gasteiger partial charge on any atom is -0.496 e. The van der Waals surface area contributed by atoms with Crippen LogP contribution in [0, 0.1) is 0 Å². The Labute approximate surface area is 112 Å². The summed E-state index contributed by atoms with van der Waals surface area (Å²) >= 11 is 0. The molecule has 2 N–H and O–H groups in total. The van der Waals surface area contributed by atoms with Gasteiger partial charge in [-0.15, -0.1) is 0 Å². The molecule has 1 aromatic carbocycles. The number of aliphatic carboxylic acids is 1. The van der Waals surface area contributed by atoms with Crippen LogP contribution in [-0.4, -0.2) is 45.5 Å². The number of benzene rings is 1. The molecule has 1 unspecified atom stereocenters. The van der Waals surface area contributed by atoms with Crippen molar-refractivity contribution in [1.82, 2.24) is 5.32 Å². The Morgan fingerprint density at radius 3 is 2.05 bits per heavy atom. The average molecular weight is 269 g/mol. The molecule has 0 radical (unpaired) electrons. The van der Waals surface area contributed by atoms with Crippen molar-refractivity contribution >= 4 is 5.97 Å². The molecule has 0 aliphatic carbocycles. The fourth-order valence-electron chi connectivity index (χ4n) is 1.80. The number of methoxy groups -OCH3 is 3. The van der Waals surface area contributed by atoms with E-state index in [9.17, 15) is 4.79 Å². The molecular weight excluding hydrogens is 250 g/mol. The van der Waals surface area contributed by atoms with E-state index in [0.717, 1.165) is 0 Å². The lowest BCUT2D eigenvalue weighted by atomic mass is 10.0. The maximum atomic E-state index is 11.1. The smallest absolute Gasteiger partial charge is 0.321 e. The van der Waals surface area contributed by atoms with Gasteiger partial charge in [-0.1, -0.05) is 0 Å².